The maximum Gasteiger partial charge on any atom is 0.211 e. The van der Waals surface area contributed by atoms with Gasteiger partial charge in [-0.3, -0.25) is 4.90 Å². The number of nitrogens with two attached hydrogens (primary N) is 1. The van der Waals surface area contributed by atoms with Crippen LogP contribution in [-0.4, -0.2) is 68.6 Å². The first kappa shape index (κ1) is 31.1. The molecule has 2 heterocycles. The summed E-state index contributed by atoms with van der Waals surface area (Å²) < 4.78 is 31.2. The van der Waals surface area contributed by atoms with Gasteiger partial charge >= 0.3 is 0 Å². The molecule has 0 amide bonds. The Morgan fingerprint density at radius 2 is 2.07 bits per heavy atom. The molecular formula is C31H41ClIN3O4S. The predicted octanol–water partition coefficient (Wildman–Crippen LogP) is 5.11. The van der Waals surface area contributed by atoms with Gasteiger partial charge in [-0.1, -0.05) is 36.7 Å². The van der Waals surface area contributed by atoms with Gasteiger partial charge < -0.3 is 14.7 Å². The summed E-state index contributed by atoms with van der Waals surface area (Å²) >= 11 is 8.76. The summed E-state index contributed by atoms with van der Waals surface area (Å²) in [5.74, 6) is 0.819. The zero-order chi connectivity index (χ0) is 29.4. The molecule has 1 saturated heterocycles. The number of aliphatic hydroxyl groups is 1. The molecule has 0 saturated carbocycles. The Morgan fingerprint density at radius 1 is 1.27 bits per heavy atom. The number of rotatable bonds is 9. The molecule has 1 aliphatic carbocycles. The van der Waals surface area contributed by atoms with E-state index in [-0.39, 0.29) is 30.0 Å². The summed E-state index contributed by atoms with van der Waals surface area (Å²) in [7, 11) is -3.57. The van der Waals surface area contributed by atoms with Gasteiger partial charge in [0.2, 0.25) is 10.0 Å². The Morgan fingerprint density at radius 3 is 2.78 bits per heavy atom. The minimum atomic E-state index is -3.57. The Hall–Kier alpha value is -1.37. The lowest BCUT2D eigenvalue weighted by molar-refractivity contribution is 0.0374. The first-order valence-electron chi connectivity index (χ1n) is 14.5. The Labute approximate surface area is 263 Å². The zero-order valence-corrected chi connectivity index (χ0v) is 27.5. The summed E-state index contributed by atoms with van der Waals surface area (Å²) in [5, 5.41) is 15.8. The maximum absolute atomic E-state index is 11.7. The van der Waals surface area contributed by atoms with Gasteiger partial charge in [0, 0.05) is 39.7 Å². The van der Waals surface area contributed by atoms with Crippen LogP contribution in [0.1, 0.15) is 50.7 Å². The van der Waals surface area contributed by atoms with E-state index in [0.717, 1.165) is 61.8 Å². The summed E-state index contributed by atoms with van der Waals surface area (Å²) in [5.41, 5.74) is 3.69. The quantitative estimate of drug-likeness (QED) is 0.277. The molecule has 2 aliphatic heterocycles. The highest BCUT2D eigenvalue weighted by molar-refractivity contribution is 14.1. The van der Waals surface area contributed by atoms with Crippen LogP contribution in [0.4, 0.5) is 5.69 Å². The third kappa shape index (κ3) is 6.75. The molecule has 41 heavy (non-hydrogen) atoms. The van der Waals surface area contributed by atoms with Crippen molar-refractivity contribution in [3.63, 3.8) is 0 Å². The van der Waals surface area contributed by atoms with Crippen molar-refractivity contribution in [2.75, 3.05) is 37.7 Å². The molecule has 2 aromatic carbocycles. The van der Waals surface area contributed by atoms with Crippen LogP contribution in [0.5, 0.6) is 5.75 Å². The summed E-state index contributed by atoms with van der Waals surface area (Å²) in [6.07, 6.45) is 8.89. The van der Waals surface area contributed by atoms with Gasteiger partial charge in [0.1, 0.15) is 5.75 Å². The van der Waals surface area contributed by atoms with Gasteiger partial charge in [0.15, 0.2) is 0 Å². The molecule has 10 heteroatoms. The number of fused-ring (bicyclic) bond motifs is 3. The first-order chi connectivity index (χ1) is 19.5. The van der Waals surface area contributed by atoms with Crippen molar-refractivity contribution in [3.8, 4) is 5.75 Å². The lowest BCUT2D eigenvalue weighted by Gasteiger charge is -2.48. The van der Waals surface area contributed by atoms with Crippen LogP contribution in [0.3, 0.4) is 0 Å². The number of allylic oxidation sites excluding steroid dienone is 1. The van der Waals surface area contributed by atoms with E-state index in [4.69, 9.17) is 21.5 Å². The first-order valence-corrected chi connectivity index (χ1v) is 17.6. The fourth-order valence-corrected chi connectivity index (χ4v) is 8.11. The molecule has 5 atom stereocenters. The molecule has 1 spiro atoms. The number of ether oxygens (including phenoxy) is 1. The van der Waals surface area contributed by atoms with E-state index in [1.54, 1.807) is 6.92 Å². The Bertz CT molecular complexity index is 1390. The molecule has 5 rings (SSSR count). The van der Waals surface area contributed by atoms with E-state index < -0.39 is 15.3 Å². The third-order valence-electron chi connectivity index (χ3n) is 9.42. The Balaban J connectivity index is 1.36. The van der Waals surface area contributed by atoms with Gasteiger partial charge in [0.25, 0.3) is 0 Å². The monoisotopic (exact) mass is 713 g/mol. The lowest BCUT2D eigenvalue weighted by atomic mass is 9.70. The molecule has 224 valence electrons. The molecule has 1 fully saturated rings. The summed E-state index contributed by atoms with van der Waals surface area (Å²) in [4.78, 5) is 4.88. The van der Waals surface area contributed by atoms with Crippen molar-refractivity contribution in [3.05, 3.63) is 68.3 Å². The maximum atomic E-state index is 11.7. The fraction of sp³-hybridized carbons (Fsp3) is 0.548. The van der Waals surface area contributed by atoms with E-state index in [1.165, 1.54) is 14.7 Å². The fourth-order valence-electron chi connectivity index (χ4n) is 6.68. The number of primary sulfonamides is 1. The molecule has 3 aliphatic rings. The third-order valence-corrected chi connectivity index (χ3v) is 11.8. The lowest BCUT2D eigenvalue weighted by Crippen LogP contribution is -2.59. The second-order valence-electron chi connectivity index (χ2n) is 12.1. The number of aryl methyl sites for hydroxylation is 1. The van der Waals surface area contributed by atoms with Crippen LogP contribution in [0.25, 0.3) is 0 Å². The van der Waals surface area contributed by atoms with E-state index in [1.807, 2.05) is 25.1 Å². The van der Waals surface area contributed by atoms with Crippen molar-refractivity contribution in [2.45, 2.75) is 68.7 Å². The van der Waals surface area contributed by atoms with Crippen LogP contribution in [0, 0.1) is 9.49 Å². The standard InChI is InChI=1S/C31H41ClIN3O4S/c1-21(22(2)41(34,38)39)5-3-7-27(18-37)36-14-12-26(36)17-35-19-31(20-40-30-11-9-25(33)16-29(30)35)13-4-6-23-15-24(32)8-10-28(23)31/h3,7-11,15-16,21-22,26-27,37H,4-6,12-14,17-20H2,1-2H3,(H2,34,38,39)/b7-3+/t21-,22+,26-,27?,31-/m0/s1. The average Bonchev–Trinajstić information content (AvgIpc) is 3.06. The molecule has 0 radical (unpaired) electrons. The molecule has 2 aromatic rings. The molecule has 0 bridgehead atoms. The number of anilines is 1. The smallest absolute Gasteiger partial charge is 0.211 e. The van der Waals surface area contributed by atoms with Crippen LogP contribution in [-0.2, 0) is 21.9 Å². The van der Waals surface area contributed by atoms with Crippen molar-refractivity contribution >= 4 is 49.9 Å². The number of sulfonamides is 1. The molecule has 0 aromatic heterocycles. The van der Waals surface area contributed by atoms with Crippen LogP contribution >= 0.6 is 34.2 Å². The van der Waals surface area contributed by atoms with E-state index in [2.05, 4.69) is 62.7 Å². The van der Waals surface area contributed by atoms with Crippen LogP contribution < -0.4 is 14.8 Å². The van der Waals surface area contributed by atoms with E-state index >= 15 is 0 Å². The number of hydrogen-bond donors (Lipinski definition) is 2. The van der Waals surface area contributed by atoms with Gasteiger partial charge in [-0.25, -0.2) is 13.6 Å². The minimum Gasteiger partial charge on any atom is -0.490 e. The zero-order valence-electron chi connectivity index (χ0n) is 23.8. The van der Waals surface area contributed by atoms with Crippen molar-refractivity contribution in [2.24, 2.45) is 11.1 Å². The minimum absolute atomic E-state index is 0.0157. The highest BCUT2D eigenvalue weighted by Gasteiger charge is 2.43. The summed E-state index contributed by atoms with van der Waals surface area (Å²) in [6, 6.07) is 12.9. The van der Waals surface area contributed by atoms with Gasteiger partial charge in [0.05, 0.1) is 30.2 Å². The topological polar surface area (TPSA) is 96.1 Å². The molecule has 1 unspecified atom stereocenters. The predicted molar refractivity (Wildman–Crippen MR) is 174 cm³/mol. The number of hydrogen-bond acceptors (Lipinski definition) is 6. The Kier molecular flexibility index (Phi) is 9.62. The summed E-state index contributed by atoms with van der Waals surface area (Å²) in [6.45, 7) is 6.82. The van der Waals surface area contributed by atoms with Crippen LogP contribution in [0.2, 0.25) is 5.02 Å². The number of aliphatic hydroxyl groups excluding tert-OH is 1. The van der Waals surface area contributed by atoms with Crippen molar-refractivity contribution in [1.29, 1.82) is 0 Å². The van der Waals surface area contributed by atoms with E-state index in [0.29, 0.717) is 13.0 Å². The van der Waals surface area contributed by atoms with Crippen molar-refractivity contribution < 1.29 is 18.3 Å². The largest absolute Gasteiger partial charge is 0.490 e. The number of halogens is 2. The molecular weight excluding hydrogens is 673 g/mol. The molecule has 7 nitrogen and oxygen atoms in total. The van der Waals surface area contributed by atoms with Crippen LogP contribution in [0.15, 0.2) is 48.6 Å². The SMILES string of the molecule is C[C@H]([C@@H](C)C/C=C/C(CO)N1CC[C@H]1CN1C[C@@]2(CCCc3cc(Cl)ccc32)COc2ccc(I)cc21)S(N)(=O)=O. The van der Waals surface area contributed by atoms with Gasteiger partial charge in [-0.15, -0.1) is 0 Å². The number of nitrogens with zero attached hydrogens (tertiary/aromatic N) is 2. The number of benzene rings is 2. The van der Waals surface area contributed by atoms with Gasteiger partial charge in [-0.05, 0) is 109 Å². The number of likely N-dealkylation sites (tertiary alicyclic amines) is 1. The highest BCUT2D eigenvalue weighted by Crippen LogP contribution is 2.45. The second-order valence-corrected chi connectivity index (χ2v) is 15.7. The van der Waals surface area contributed by atoms with Crippen molar-refractivity contribution in [1.82, 2.24) is 4.90 Å². The highest BCUT2D eigenvalue weighted by atomic mass is 127. The second kappa shape index (κ2) is 12.7. The van der Waals surface area contributed by atoms with E-state index in [9.17, 15) is 13.5 Å². The normalized spacial score (nSPS) is 25.1. The van der Waals surface area contributed by atoms with Gasteiger partial charge in [-0.2, -0.15) is 0 Å². The molecule has 3 N–H and O–H groups in total. The average molecular weight is 714 g/mol.